The van der Waals surface area contributed by atoms with Crippen molar-refractivity contribution in [1.29, 1.82) is 0 Å². The molecule has 4 aliphatic heterocycles. The minimum Gasteiger partial charge on any atom is -0.458 e. The van der Waals surface area contributed by atoms with Gasteiger partial charge in [0.25, 0.3) is 8.32 Å². The summed E-state index contributed by atoms with van der Waals surface area (Å²) in [6.07, 6.45) is -9.43. The van der Waals surface area contributed by atoms with Crippen molar-refractivity contribution in [2.24, 2.45) is 34.7 Å². The molecule has 0 saturated carbocycles. The fourth-order valence-electron chi connectivity index (χ4n) is 12.5. The molecule has 4 heterocycles. The maximum Gasteiger partial charge on any atom is 0.373 e. The van der Waals surface area contributed by atoms with Crippen LogP contribution in [-0.4, -0.2) is 143 Å². The SMILES string of the molecule is CCC1O[C@H](O[C@@H]2C(C)O[C@@H](OCC(=O)OC(C)(C)C)C(O)[C@@H]2OCc2ccccc2)C(C)[C@@H](C)[C@@H]1O[C@@H]1OC(C)[C@@H](O[C@@H]2OC(CO[Si](c3ccccc3)(c3ccccc3)C(C)(C)C)[C@@H](C)[C@H](C)C2N=[N+]=[N-])[C@@H](OCc2ccccc2)C1C.O=C=O.O=C=O. The Labute approximate surface area is 530 Å². The van der Waals surface area contributed by atoms with E-state index in [1.54, 1.807) is 20.8 Å². The molecular weight excluding hydrogens is 1170 g/mol. The Hall–Kier alpha value is -5.84. The van der Waals surface area contributed by atoms with Gasteiger partial charge in [0.1, 0.15) is 36.6 Å². The van der Waals surface area contributed by atoms with E-state index in [0.29, 0.717) is 13.0 Å². The van der Waals surface area contributed by atoms with Crippen LogP contribution in [0.4, 0.5) is 0 Å². The van der Waals surface area contributed by atoms with Gasteiger partial charge in [0.15, 0.2) is 25.2 Å². The van der Waals surface area contributed by atoms with E-state index in [9.17, 15) is 15.4 Å². The number of hydrogen-bond acceptors (Lipinski definition) is 19. The molecular formula is C68H93N3O18Si. The number of aliphatic hydroxyl groups excluding tert-OH is 1. The molecule has 4 saturated heterocycles. The number of rotatable bonds is 22. The minimum absolute atomic E-state index is 0.0661. The molecule has 1 N–H and O–H groups in total. The first-order valence-corrected chi connectivity index (χ1v) is 33.0. The molecule has 90 heavy (non-hydrogen) atoms. The van der Waals surface area contributed by atoms with Crippen molar-refractivity contribution in [2.75, 3.05) is 13.2 Å². The van der Waals surface area contributed by atoms with Gasteiger partial charge in [-0.3, -0.25) is 0 Å². The average Bonchev–Trinajstić information content (AvgIpc) is 0.783. The molecule has 4 aliphatic rings. The van der Waals surface area contributed by atoms with Gasteiger partial charge < -0.3 is 61.6 Å². The van der Waals surface area contributed by atoms with Crippen molar-refractivity contribution in [1.82, 2.24) is 0 Å². The number of nitrogens with zero attached hydrogens (tertiary/aromatic N) is 3. The van der Waals surface area contributed by atoms with E-state index < -0.39 is 119 Å². The van der Waals surface area contributed by atoms with Crippen molar-refractivity contribution in [3.8, 4) is 0 Å². The molecule has 21 nitrogen and oxygen atoms in total. The van der Waals surface area contributed by atoms with Crippen molar-refractivity contribution in [3.63, 3.8) is 0 Å². The van der Waals surface area contributed by atoms with E-state index in [1.807, 2.05) is 86.6 Å². The summed E-state index contributed by atoms with van der Waals surface area (Å²) < 4.78 is 80.6. The molecule has 0 spiro atoms. The van der Waals surface area contributed by atoms with E-state index in [4.69, 9.17) is 75.7 Å². The van der Waals surface area contributed by atoms with E-state index in [-0.39, 0.29) is 60.1 Å². The summed E-state index contributed by atoms with van der Waals surface area (Å²) in [4.78, 5) is 48.5. The smallest absolute Gasteiger partial charge is 0.373 e. The van der Waals surface area contributed by atoms with Crippen molar-refractivity contribution < 1.29 is 85.6 Å². The first-order valence-electron chi connectivity index (χ1n) is 31.1. The van der Waals surface area contributed by atoms with Gasteiger partial charge in [-0.2, -0.15) is 19.2 Å². The zero-order valence-electron chi connectivity index (χ0n) is 54.4. The highest BCUT2D eigenvalue weighted by molar-refractivity contribution is 6.99. The third kappa shape index (κ3) is 18.7. The summed E-state index contributed by atoms with van der Waals surface area (Å²) in [7, 11) is -2.96. The molecule has 0 radical (unpaired) electrons. The monoisotopic (exact) mass is 1270 g/mol. The predicted octanol–water partition coefficient (Wildman–Crippen LogP) is 9.65. The Morgan fingerprint density at radius 2 is 1.00 bits per heavy atom. The summed E-state index contributed by atoms with van der Waals surface area (Å²) in [5.41, 5.74) is 11.2. The second-order valence-electron chi connectivity index (χ2n) is 25.8. The van der Waals surface area contributed by atoms with Gasteiger partial charge in [0.05, 0.1) is 62.5 Å². The fourth-order valence-corrected chi connectivity index (χ4v) is 17.0. The molecule has 8 rings (SSSR count). The van der Waals surface area contributed by atoms with Gasteiger partial charge in [0, 0.05) is 16.7 Å². The first kappa shape index (κ1) is 73.2. The van der Waals surface area contributed by atoms with E-state index >= 15 is 0 Å². The second kappa shape index (κ2) is 34.2. The van der Waals surface area contributed by atoms with Crippen LogP contribution in [0.1, 0.15) is 114 Å². The van der Waals surface area contributed by atoms with Crippen LogP contribution in [-0.2, 0) is 93.7 Å². The maximum atomic E-state index is 12.7. The minimum atomic E-state index is -2.96. The molecule has 4 fully saturated rings. The molecule has 0 amide bonds. The van der Waals surface area contributed by atoms with Crippen LogP contribution >= 0.6 is 0 Å². The number of esters is 1. The Morgan fingerprint density at radius 3 is 1.49 bits per heavy atom. The molecule has 492 valence electrons. The first-order chi connectivity index (χ1) is 42.9. The molecule has 20 atom stereocenters. The standard InChI is InChI=1S/C66H93N3O14Si.2CO2/c1-15-51-56(42(4)43(5)61(78-51)81-59-46(8)77-64(74-39-53(70)83-65(9,10)11)55(71)60(59)73-37-48-30-22-17-23-31-48)80-62-44(6)57(72-36-47-28-20-16-21-29-47)58(45(7)76-62)82-63-54(68-69-67)41(3)40(2)52(79-63)38-75-84(66(12,13)14,49-32-24-18-25-33-49)50-34-26-19-27-35-50;2*2-1-3/h16-35,40-46,51-52,54-64,71H,15,36-39H2,1-14H3;;/t40-,41-,42+,43?,44?,45?,46?,51?,52?,54?,55?,56-,57-,58+,59+,60-,61+,62-,63-,64+;;/m0../s1. The highest BCUT2D eigenvalue weighted by Crippen LogP contribution is 2.44. The zero-order chi connectivity index (χ0) is 65.9. The lowest BCUT2D eigenvalue weighted by molar-refractivity contribution is -0.368. The highest BCUT2D eigenvalue weighted by Gasteiger charge is 2.55. The van der Waals surface area contributed by atoms with Crippen LogP contribution in [0.5, 0.6) is 0 Å². The van der Waals surface area contributed by atoms with Gasteiger partial charge in [0.2, 0.25) is 0 Å². The molecule has 4 aromatic carbocycles. The van der Waals surface area contributed by atoms with Crippen LogP contribution in [0, 0.1) is 29.6 Å². The van der Waals surface area contributed by atoms with Gasteiger partial charge >= 0.3 is 18.3 Å². The van der Waals surface area contributed by atoms with Crippen LogP contribution in [0.25, 0.3) is 10.4 Å². The third-order valence-corrected chi connectivity index (χ3v) is 22.5. The lowest BCUT2D eigenvalue weighted by Gasteiger charge is -2.51. The van der Waals surface area contributed by atoms with Gasteiger partial charge in [-0.1, -0.05) is 189 Å². The Kier molecular flexibility index (Phi) is 27.8. The predicted molar refractivity (Wildman–Crippen MR) is 331 cm³/mol. The summed E-state index contributed by atoms with van der Waals surface area (Å²) >= 11 is 0. The molecule has 0 aliphatic carbocycles. The number of ether oxygens (including phenoxy) is 11. The van der Waals surface area contributed by atoms with Crippen LogP contribution in [0.3, 0.4) is 0 Å². The summed E-state index contributed by atoms with van der Waals surface area (Å²) in [6, 6.07) is 40.1. The summed E-state index contributed by atoms with van der Waals surface area (Å²) in [5.74, 6) is -1.53. The lowest BCUT2D eigenvalue weighted by atomic mass is 9.82. The molecule has 0 bridgehead atoms. The number of aliphatic hydroxyl groups is 1. The highest BCUT2D eigenvalue weighted by atomic mass is 28.4. The Bertz CT molecular complexity index is 2850. The third-order valence-electron chi connectivity index (χ3n) is 17.5. The maximum absolute atomic E-state index is 12.7. The van der Waals surface area contributed by atoms with Crippen molar-refractivity contribution >= 4 is 37.0 Å². The summed E-state index contributed by atoms with van der Waals surface area (Å²) in [6.45, 7) is 28.8. The van der Waals surface area contributed by atoms with E-state index in [1.165, 1.54) is 10.4 Å². The van der Waals surface area contributed by atoms with Crippen LogP contribution in [0.2, 0.25) is 5.04 Å². The van der Waals surface area contributed by atoms with E-state index in [0.717, 1.165) is 11.1 Å². The van der Waals surface area contributed by atoms with Crippen LogP contribution < -0.4 is 10.4 Å². The lowest BCUT2D eigenvalue weighted by Crippen LogP contribution is -2.67. The van der Waals surface area contributed by atoms with Crippen molar-refractivity contribution in [2.45, 2.75) is 219 Å². The van der Waals surface area contributed by atoms with Crippen molar-refractivity contribution in [3.05, 3.63) is 143 Å². The number of carbonyl (C=O) groups excluding carboxylic acids is 5. The van der Waals surface area contributed by atoms with E-state index in [2.05, 4.69) is 121 Å². The fraction of sp³-hybridized carbons (Fsp3) is 0.603. The quantitative estimate of drug-likeness (QED) is 0.0252. The Morgan fingerprint density at radius 1 is 0.556 bits per heavy atom. The van der Waals surface area contributed by atoms with Gasteiger partial charge in [-0.15, -0.1) is 0 Å². The average molecular weight is 1270 g/mol. The number of carbonyl (C=O) groups is 1. The zero-order valence-corrected chi connectivity index (χ0v) is 55.4. The number of azide groups is 1. The molecule has 22 heteroatoms. The Balaban J connectivity index is 0.00000206. The molecule has 4 aromatic rings. The normalized spacial score (nSPS) is 32.0. The largest absolute Gasteiger partial charge is 0.458 e. The molecule has 8 unspecified atom stereocenters. The topological polar surface area (TPSA) is 265 Å². The molecule has 0 aromatic heterocycles. The van der Waals surface area contributed by atoms with Crippen LogP contribution in [0.15, 0.2) is 126 Å². The number of benzene rings is 4. The summed E-state index contributed by atoms with van der Waals surface area (Å²) in [5, 5.41) is 18.3. The number of hydrogen-bond donors (Lipinski definition) is 1. The second-order valence-corrected chi connectivity index (χ2v) is 30.1. The van der Waals surface area contributed by atoms with Gasteiger partial charge in [-0.25, -0.2) is 4.79 Å². The van der Waals surface area contributed by atoms with Gasteiger partial charge in [-0.05, 0) is 90.9 Å².